The third-order valence-corrected chi connectivity index (χ3v) is 5.44. The average molecular weight is 417 g/mol. The first kappa shape index (κ1) is 23.1. The van der Waals surface area contributed by atoms with Gasteiger partial charge in [0.2, 0.25) is 0 Å². The van der Waals surface area contributed by atoms with E-state index in [1.54, 1.807) is 6.08 Å². The van der Waals surface area contributed by atoms with Crippen LogP contribution in [0.5, 0.6) is 5.75 Å². The van der Waals surface area contributed by atoms with Crippen molar-refractivity contribution in [3.05, 3.63) is 35.4 Å². The minimum absolute atomic E-state index is 0.142. The number of unbranched alkanes of at least 4 members (excludes halogenated alkanes) is 5. The minimum atomic E-state index is -0.337. The summed E-state index contributed by atoms with van der Waals surface area (Å²) in [5.41, 5.74) is 0.927. The van der Waals surface area contributed by atoms with Crippen molar-refractivity contribution in [1.82, 2.24) is 9.80 Å². The number of carbonyl (C=O) groups excluding carboxylic acids is 2. The summed E-state index contributed by atoms with van der Waals surface area (Å²) in [4.78, 5) is 28.3. The summed E-state index contributed by atoms with van der Waals surface area (Å²) in [6.07, 6.45) is 9.01. The first-order chi connectivity index (χ1) is 14.0. The van der Waals surface area contributed by atoms with Gasteiger partial charge in [0.1, 0.15) is 11.3 Å². The lowest BCUT2D eigenvalue weighted by molar-refractivity contribution is -0.133. The Bertz CT molecular complexity index is 715. The Morgan fingerprint density at radius 2 is 1.41 bits per heavy atom. The Balaban J connectivity index is 1.98. The third-order valence-electron chi connectivity index (χ3n) is 5.00. The van der Waals surface area contributed by atoms with Crippen LogP contribution in [0.1, 0.15) is 64.9 Å². The summed E-state index contributed by atoms with van der Waals surface area (Å²) in [7, 11) is 0. The Morgan fingerprint density at radius 3 is 1.97 bits per heavy atom. The van der Waals surface area contributed by atoms with E-state index in [9.17, 15) is 9.59 Å². The van der Waals surface area contributed by atoms with Gasteiger partial charge in [-0.15, -0.1) is 0 Å². The molecule has 158 valence electrons. The van der Waals surface area contributed by atoms with Crippen LogP contribution in [0.15, 0.2) is 29.8 Å². The van der Waals surface area contributed by atoms with E-state index in [0.717, 1.165) is 17.7 Å². The number of thiocarbonyl (C=S) groups is 1. The van der Waals surface area contributed by atoms with Crippen LogP contribution in [0.2, 0.25) is 0 Å². The molecule has 0 saturated carbocycles. The molecule has 2 rings (SSSR count). The van der Waals surface area contributed by atoms with Crippen LogP contribution in [0, 0.1) is 0 Å². The largest absolute Gasteiger partial charge is 0.494 e. The number of hydrogen-bond donors (Lipinski definition) is 0. The number of ether oxygens (including phenoxy) is 1. The van der Waals surface area contributed by atoms with Crippen LogP contribution in [-0.2, 0) is 9.59 Å². The van der Waals surface area contributed by atoms with Crippen molar-refractivity contribution in [3.8, 4) is 5.75 Å². The number of hydrogen-bond acceptors (Lipinski definition) is 4. The van der Waals surface area contributed by atoms with E-state index in [-0.39, 0.29) is 22.5 Å². The van der Waals surface area contributed by atoms with E-state index in [0.29, 0.717) is 19.7 Å². The molecule has 1 aliphatic heterocycles. The lowest BCUT2D eigenvalue weighted by Crippen LogP contribution is -2.55. The van der Waals surface area contributed by atoms with Crippen LogP contribution in [0.4, 0.5) is 0 Å². The van der Waals surface area contributed by atoms with Crippen LogP contribution in [-0.4, -0.2) is 46.4 Å². The molecule has 1 aliphatic rings. The van der Waals surface area contributed by atoms with E-state index in [4.69, 9.17) is 17.0 Å². The number of benzene rings is 1. The number of rotatable bonds is 11. The van der Waals surface area contributed by atoms with Gasteiger partial charge in [-0.2, -0.15) is 0 Å². The molecule has 29 heavy (non-hydrogen) atoms. The zero-order chi connectivity index (χ0) is 21.2. The van der Waals surface area contributed by atoms with Crippen LogP contribution in [0.3, 0.4) is 0 Å². The fourth-order valence-electron chi connectivity index (χ4n) is 3.28. The standard InChI is InChI=1S/C23H32N2O3S/c1-4-7-8-9-10-11-16-28-19-14-12-18(13-15-19)17-20-21(26)24(5-2)23(29)25(6-3)22(20)27/h12-15,17H,4-11,16H2,1-3H3. The van der Waals surface area contributed by atoms with E-state index >= 15 is 0 Å². The number of likely N-dealkylation sites (N-methyl/N-ethyl adjacent to an activating group) is 2. The van der Waals surface area contributed by atoms with Gasteiger partial charge in [0, 0.05) is 13.1 Å². The lowest BCUT2D eigenvalue weighted by Gasteiger charge is -2.35. The summed E-state index contributed by atoms with van der Waals surface area (Å²) in [5, 5.41) is 0.278. The average Bonchev–Trinajstić information content (AvgIpc) is 2.72. The Kier molecular flexibility index (Phi) is 9.32. The molecule has 1 aromatic rings. The zero-order valence-corrected chi connectivity index (χ0v) is 18.6. The second-order valence-electron chi connectivity index (χ2n) is 7.12. The summed E-state index contributed by atoms with van der Waals surface area (Å²) in [5.74, 6) is 0.125. The molecule has 6 heteroatoms. The highest BCUT2D eigenvalue weighted by atomic mass is 32.1. The molecule has 1 saturated heterocycles. The molecule has 0 unspecified atom stereocenters. The molecule has 1 fully saturated rings. The first-order valence-electron chi connectivity index (χ1n) is 10.7. The summed E-state index contributed by atoms with van der Waals surface area (Å²) in [6, 6.07) is 7.48. The van der Waals surface area contributed by atoms with Crippen molar-refractivity contribution in [2.24, 2.45) is 0 Å². The molecule has 0 aromatic heterocycles. The zero-order valence-electron chi connectivity index (χ0n) is 17.8. The molecular weight excluding hydrogens is 384 g/mol. The molecular formula is C23H32N2O3S. The van der Waals surface area contributed by atoms with Crippen molar-refractivity contribution in [1.29, 1.82) is 0 Å². The highest BCUT2D eigenvalue weighted by molar-refractivity contribution is 7.80. The number of carbonyl (C=O) groups is 2. The van der Waals surface area contributed by atoms with Gasteiger partial charge in [0.15, 0.2) is 5.11 Å². The maximum Gasteiger partial charge on any atom is 0.265 e. The molecule has 1 heterocycles. The second-order valence-corrected chi connectivity index (χ2v) is 7.49. The monoisotopic (exact) mass is 416 g/mol. The fourth-order valence-corrected chi connectivity index (χ4v) is 3.71. The third kappa shape index (κ3) is 6.13. The van der Waals surface area contributed by atoms with E-state index in [2.05, 4.69) is 6.92 Å². The highest BCUT2D eigenvalue weighted by Gasteiger charge is 2.37. The molecule has 1 aromatic carbocycles. The summed E-state index contributed by atoms with van der Waals surface area (Å²) in [6.45, 7) is 7.49. The topological polar surface area (TPSA) is 49.9 Å². The van der Waals surface area contributed by atoms with Crippen molar-refractivity contribution in [3.63, 3.8) is 0 Å². The smallest absolute Gasteiger partial charge is 0.265 e. The van der Waals surface area contributed by atoms with E-state index in [1.807, 2.05) is 38.1 Å². The molecule has 0 N–H and O–H groups in total. The second kappa shape index (κ2) is 11.7. The molecule has 0 radical (unpaired) electrons. The van der Waals surface area contributed by atoms with Gasteiger partial charge in [-0.05, 0) is 56.3 Å². The molecule has 5 nitrogen and oxygen atoms in total. The van der Waals surface area contributed by atoms with Gasteiger partial charge < -0.3 is 4.74 Å². The first-order valence-corrected chi connectivity index (χ1v) is 11.1. The van der Waals surface area contributed by atoms with Gasteiger partial charge in [0.05, 0.1) is 6.61 Å². The minimum Gasteiger partial charge on any atom is -0.494 e. The van der Waals surface area contributed by atoms with Crippen molar-refractivity contribution in [2.45, 2.75) is 59.3 Å². The van der Waals surface area contributed by atoms with Crippen molar-refractivity contribution >= 4 is 35.2 Å². The summed E-state index contributed by atoms with van der Waals surface area (Å²) >= 11 is 5.28. The Morgan fingerprint density at radius 1 is 0.862 bits per heavy atom. The number of nitrogens with zero attached hydrogens (tertiary/aromatic N) is 2. The Labute approximate surface area is 179 Å². The van der Waals surface area contributed by atoms with E-state index in [1.165, 1.54) is 41.9 Å². The molecule has 0 bridgehead atoms. The predicted molar refractivity (Wildman–Crippen MR) is 121 cm³/mol. The molecule has 0 spiro atoms. The van der Waals surface area contributed by atoms with Crippen LogP contribution in [0.25, 0.3) is 6.08 Å². The van der Waals surface area contributed by atoms with Crippen LogP contribution < -0.4 is 4.74 Å². The number of amides is 2. The maximum atomic E-state index is 12.7. The predicted octanol–water partition coefficient (Wildman–Crippen LogP) is 4.80. The van der Waals surface area contributed by atoms with Gasteiger partial charge in [-0.1, -0.05) is 51.2 Å². The Hall–Kier alpha value is -2.21. The highest BCUT2D eigenvalue weighted by Crippen LogP contribution is 2.21. The van der Waals surface area contributed by atoms with E-state index < -0.39 is 0 Å². The SMILES string of the molecule is CCCCCCCCOc1ccc(C=C2C(=O)N(CC)C(=S)N(CC)C2=O)cc1. The normalized spacial score (nSPS) is 14.6. The summed E-state index contributed by atoms with van der Waals surface area (Å²) < 4.78 is 5.79. The quantitative estimate of drug-likeness (QED) is 0.225. The lowest BCUT2D eigenvalue weighted by atomic mass is 10.1. The molecule has 0 atom stereocenters. The van der Waals surface area contributed by atoms with Gasteiger partial charge >= 0.3 is 0 Å². The fraction of sp³-hybridized carbons (Fsp3) is 0.522. The van der Waals surface area contributed by atoms with Gasteiger partial charge in [-0.3, -0.25) is 19.4 Å². The van der Waals surface area contributed by atoms with Crippen molar-refractivity contribution < 1.29 is 14.3 Å². The molecule has 2 amide bonds. The van der Waals surface area contributed by atoms with Crippen molar-refractivity contribution in [2.75, 3.05) is 19.7 Å². The van der Waals surface area contributed by atoms with Gasteiger partial charge in [0.25, 0.3) is 11.8 Å². The maximum absolute atomic E-state index is 12.7. The van der Waals surface area contributed by atoms with Gasteiger partial charge in [-0.25, -0.2) is 0 Å². The molecule has 0 aliphatic carbocycles. The van der Waals surface area contributed by atoms with Crippen LogP contribution >= 0.6 is 12.2 Å².